The molecule has 0 amide bonds. The van der Waals surface area contributed by atoms with Crippen LogP contribution < -0.4 is 0 Å². The van der Waals surface area contributed by atoms with Crippen molar-refractivity contribution in [3.05, 3.63) is 0 Å². The highest BCUT2D eigenvalue weighted by Crippen LogP contribution is 2.45. The van der Waals surface area contributed by atoms with Crippen molar-refractivity contribution in [1.29, 1.82) is 0 Å². The first-order valence-electron chi connectivity index (χ1n) is 16.3. The summed E-state index contributed by atoms with van der Waals surface area (Å²) in [7, 11) is 6.04. The number of ether oxygens (including phenoxy) is 1. The van der Waals surface area contributed by atoms with Crippen LogP contribution >= 0.6 is 0 Å². The van der Waals surface area contributed by atoms with Crippen LogP contribution in [-0.2, 0) is 9.53 Å². The Labute approximate surface area is 226 Å². The Morgan fingerprint density at radius 1 is 0.667 bits per heavy atom. The normalized spacial score (nSPS) is 18.0. The third-order valence-electron chi connectivity index (χ3n) is 8.74. The van der Waals surface area contributed by atoms with E-state index in [9.17, 15) is 4.79 Å². The van der Waals surface area contributed by atoms with Crippen molar-refractivity contribution in [2.24, 2.45) is 11.8 Å². The zero-order valence-corrected chi connectivity index (χ0v) is 25.2. The van der Waals surface area contributed by atoms with Gasteiger partial charge in [-0.3, -0.25) is 4.79 Å². The standard InChI is InChI=1S/C33H65NO2/c1-5-6-7-8-16-21-26-32(34(2)3)27-22-17-12-10-9-11-14-19-24-30-29-31(30)25-20-15-13-18-23-28-33(35)36-4/h30-32H,5-29H2,1-4H3. The summed E-state index contributed by atoms with van der Waals surface area (Å²) in [4.78, 5) is 13.6. The molecule has 0 N–H and O–H groups in total. The topological polar surface area (TPSA) is 29.5 Å². The Kier molecular flexibility index (Phi) is 21.9. The molecule has 0 bridgehead atoms. The van der Waals surface area contributed by atoms with E-state index in [1.807, 2.05) is 0 Å². The van der Waals surface area contributed by atoms with E-state index in [2.05, 4.69) is 25.9 Å². The van der Waals surface area contributed by atoms with Crippen molar-refractivity contribution < 1.29 is 9.53 Å². The van der Waals surface area contributed by atoms with Gasteiger partial charge in [0.1, 0.15) is 0 Å². The lowest BCUT2D eigenvalue weighted by Gasteiger charge is -2.24. The third-order valence-corrected chi connectivity index (χ3v) is 8.74. The maximum atomic E-state index is 11.1. The molecule has 0 saturated heterocycles. The van der Waals surface area contributed by atoms with E-state index in [1.165, 1.54) is 155 Å². The maximum absolute atomic E-state index is 11.1. The Bertz CT molecular complexity index is 492. The van der Waals surface area contributed by atoms with E-state index in [-0.39, 0.29) is 5.97 Å². The zero-order chi connectivity index (χ0) is 26.3. The number of rotatable bonds is 27. The predicted octanol–water partition coefficient (Wildman–Crippen LogP) is 10.1. The number of carbonyl (C=O) groups is 1. The molecule has 0 aromatic carbocycles. The van der Waals surface area contributed by atoms with Gasteiger partial charge in [-0.1, -0.05) is 135 Å². The summed E-state index contributed by atoms with van der Waals surface area (Å²) in [6, 6.07) is 0.806. The van der Waals surface area contributed by atoms with E-state index in [1.54, 1.807) is 0 Å². The van der Waals surface area contributed by atoms with Crippen LogP contribution in [0.2, 0.25) is 0 Å². The van der Waals surface area contributed by atoms with Gasteiger partial charge in [-0.25, -0.2) is 0 Å². The van der Waals surface area contributed by atoms with Crippen molar-refractivity contribution >= 4 is 5.97 Å². The van der Waals surface area contributed by atoms with Crippen LogP contribution in [0.25, 0.3) is 0 Å². The van der Waals surface area contributed by atoms with Gasteiger partial charge in [-0.05, 0) is 51.6 Å². The van der Waals surface area contributed by atoms with E-state index in [0.29, 0.717) is 6.42 Å². The molecule has 214 valence electrons. The van der Waals surface area contributed by atoms with Gasteiger partial charge >= 0.3 is 5.97 Å². The van der Waals surface area contributed by atoms with Crippen LogP contribution in [0, 0.1) is 11.8 Å². The number of methoxy groups -OCH3 is 1. The summed E-state index contributed by atoms with van der Waals surface area (Å²) in [5.41, 5.74) is 0. The van der Waals surface area contributed by atoms with Gasteiger partial charge in [-0.15, -0.1) is 0 Å². The molecule has 3 heteroatoms. The average Bonchev–Trinajstić information content (AvgIpc) is 3.62. The molecule has 0 aromatic heterocycles. The van der Waals surface area contributed by atoms with E-state index in [0.717, 1.165) is 24.3 Å². The molecule has 1 aliphatic rings. The van der Waals surface area contributed by atoms with Gasteiger partial charge < -0.3 is 9.64 Å². The second-order valence-electron chi connectivity index (χ2n) is 12.2. The first-order chi connectivity index (χ1) is 17.6. The molecule has 0 heterocycles. The average molecular weight is 508 g/mol. The lowest BCUT2D eigenvalue weighted by atomic mass is 9.99. The first kappa shape index (κ1) is 33.5. The molecular formula is C33H65NO2. The molecule has 1 rings (SSSR count). The fraction of sp³-hybridized carbons (Fsp3) is 0.970. The van der Waals surface area contributed by atoms with E-state index < -0.39 is 0 Å². The second kappa shape index (κ2) is 23.5. The van der Waals surface area contributed by atoms with E-state index in [4.69, 9.17) is 4.74 Å². The van der Waals surface area contributed by atoms with Crippen LogP contribution in [0.15, 0.2) is 0 Å². The minimum atomic E-state index is -0.0570. The number of esters is 1. The molecule has 1 fully saturated rings. The summed E-state index contributed by atoms with van der Waals surface area (Å²) >= 11 is 0. The highest BCUT2D eigenvalue weighted by molar-refractivity contribution is 5.68. The van der Waals surface area contributed by atoms with Crippen LogP contribution in [0.3, 0.4) is 0 Å². The first-order valence-corrected chi connectivity index (χ1v) is 16.3. The lowest BCUT2D eigenvalue weighted by molar-refractivity contribution is -0.140. The molecular weight excluding hydrogens is 442 g/mol. The smallest absolute Gasteiger partial charge is 0.305 e. The van der Waals surface area contributed by atoms with E-state index >= 15 is 0 Å². The summed E-state index contributed by atoms with van der Waals surface area (Å²) in [5, 5.41) is 0. The number of unbranched alkanes of at least 4 members (excludes halogenated alkanes) is 16. The maximum Gasteiger partial charge on any atom is 0.305 e. The Morgan fingerprint density at radius 2 is 1.08 bits per heavy atom. The summed E-state index contributed by atoms with van der Waals surface area (Å²) < 4.78 is 4.70. The molecule has 0 spiro atoms. The largest absolute Gasteiger partial charge is 0.469 e. The van der Waals surface area contributed by atoms with Crippen LogP contribution in [-0.4, -0.2) is 38.1 Å². The molecule has 1 aliphatic carbocycles. The highest BCUT2D eigenvalue weighted by atomic mass is 16.5. The van der Waals surface area contributed by atoms with Gasteiger partial charge in [0, 0.05) is 12.5 Å². The SMILES string of the molecule is CCCCCCCCC(CCCCCCCCCCC1CC1CCCCCCCC(=O)OC)N(C)C. The summed E-state index contributed by atoms with van der Waals surface area (Å²) in [5.74, 6) is 2.05. The number of carbonyl (C=O) groups excluding carboxylic acids is 1. The number of nitrogens with zero attached hydrogens (tertiary/aromatic N) is 1. The third kappa shape index (κ3) is 19.5. The van der Waals surface area contributed by atoms with Crippen molar-refractivity contribution in [2.75, 3.05) is 21.2 Å². The fourth-order valence-corrected chi connectivity index (χ4v) is 5.99. The highest BCUT2D eigenvalue weighted by Gasteiger charge is 2.34. The Hall–Kier alpha value is -0.570. The van der Waals surface area contributed by atoms with Crippen molar-refractivity contribution in [1.82, 2.24) is 4.90 Å². The number of hydrogen-bond acceptors (Lipinski definition) is 3. The zero-order valence-electron chi connectivity index (χ0n) is 25.2. The molecule has 0 aromatic rings. The van der Waals surface area contributed by atoms with Crippen LogP contribution in [0.5, 0.6) is 0 Å². The molecule has 36 heavy (non-hydrogen) atoms. The lowest BCUT2D eigenvalue weighted by Crippen LogP contribution is -2.27. The molecule has 3 unspecified atom stereocenters. The number of hydrogen-bond donors (Lipinski definition) is 0. The van der Waals surface area contributed by atoms with Crippen molar-refractivity contribution in [2.45, 2.75) is 173 Å². The minimum Gasteiger partial charge on any atom is -0.469 e. The quantitative estimate of drug-likeness (QED) is 0.0818. The Morgan fingerprint density at radius 3 is 1.53 bits per heavy atom. The van der Waals surface area contributed by atoms with Crippen molar-refractivity contribution in [3.63, 3.8) is 0 Å². The molecule has 0 radical (unpaired) electrons. The summed E-state index contributed by atoms with van der Waals surface area (Å²) in [6.07, 6.45) is 34.2. The monoisotopic (exact) mass is 508 g/mol. The molecule has 3 nitrogen and oxygen atoms in total. The fourth-order valence-electron chi connectivity index (χ4n) is 5.99. The molecule has 0 aliphatic heterocycles. The van der Waals surface area contributed by atoms with Gasteiger partial charge in [0.2, 0.25) is 0 Å². The summed E-state index contributed by atoms with van der Waals surface area (Å²) in [6.45, 7) is 2.30. The van der Waals surface area contributed by atoms with Gasteiger partial charge in [-0.2, -0.15) is 0 Å². The van der Waals surface area contributed by atoms with Gasteiger partial charge in [0.25, 0.3) is 0 Å². The van der Waals surface area contributed by atoms with Gasteiger partial charge in [0.15, 0.2) is 0 Å². The molecule has 1 saturated carbocycles. The predicted molar refractivity (Wildman–Crippen MR) is 158 cm³/mol. The van der Waals surface area contributed by atoms with Gasteiger partial charge in [0.05, 0.1) is 7.11 Å². The second-order valence-corrected chi connectivity index (χ2v) is 12.2. The molecule has 3 atom stereocenters. The minimum absolute atomic E-state index is 0.0570. The van der Waals surface area contributed by atoms with Crippen LogP contribution in [0.1, 0.15) is 167 Å². The van der Waals surface area contributed by atoms with Crippen LogP contribution in [0.4, 0.5) is 0 Å². The van der Waals surface area contributed by atoms with Crippen molar-refractivity contribution in [3.8, 4) is 0 Å². The Balaban J connectivity index is 1.82.